The lowest BCUT2D eigenvalue weighted by molar-refractivity contribution is -0.00269. The molecule has 2 rings (SSSR count). The van der Waals surface area contributed by atoms with Gasteiger partial charge in [-0.2, -0.15) is 0 Å². The summed E-state index contributed by atoms with van der Waals surface area (Å²) in [6, 6.07) is 10.6. The summed E-state index contributed by atoms with van der Waals surface area (Å²) in [5, 5.41) is 12.9. The Morgan fingerprint density at radius 2 is 1.85 bits per heavy atom. The van der Waals surface area contributed by atoms with Gasteiger partial charge < -0.3 is 16.2 Å². The van der Waals surface area contributed by atoms with Crippen molar-refractivity contribution in [1.29, 1.82) is 0 Å². The molecule has 6 heteroatoms. The minimum Gasteiger partial charge on any atom is -0.398 e. The normalized spacial score (nSPS) is 12.6. The lowest BCUT2D eigenvalue weighted by Crippen LogP contribution is -2.36. The molecule has 0 saturated carbocycles. The van der Waals surface area contributed by atoms with Gasteiger partial charge in [0, 0.05) is 12.2 Å². The van der Waals surface area contributed by atoms with Crippen LogP contribution in [0.4, 0.5) is 14.5 Å². The Balaban J connectivity index is 2.19. The average Bonchev–Trinajstić information content (AvgIpc) is 2.43. The third-order valence-electron chi connectivity index (χ3n) is 2.93. The van der Waals surface area contributed by atoms with Crippen LogP contribution in [0.15, 0.2) is 36.4 Å². The fraction of sp³-hybridized carbons (Fsp3) is 0.214. The maximum atomic E-state index is 12.1. The molecule has 0 aliphatic heterocycles. The average molecular weight is 280 g/mol. The fourth-order valence-corrected chi connectivity index (χ4v) is 1.84. The summed E-state index contributed by atoms with van der Waals surface area (Å²) in [5.74, 6) is -0.590. The van der Waals surface area contributed by atoms with E-state index >= 15 is 0 Å². The zero-order valence-electron chi connectivity index (χ0n) is 10.5. The second-order valence-corrected chi connectivity index (χ2v) is 4.40. The summed E-state index contributed by atoms with van der Waals surface area (Å²) >= 11 is 0. The van der Waals surface area contributed by atoms with Crippen molar-refractivity contribution in [1.82, 2.24) is 5.32 Å². The fourth-order valence-electron chi connectivity index (χ4n) is 1.84. The number of hydrogen-bond donors (Lipinski definition) is 3. The Labute approximate surface area is 114 Å². The minimum atomic E-state index is -2.90. The molecule has 20 heavy (non-hydrogen) atoms. The number of aliphatic hydroxyl groups is 1. The summed E-state index contributed by atoms with van der Waals surface area (Å²) in [6.07, 6.45) is -4.79. The van der Waals surface area contributed by atoms with Gasteiger partial charge in [-0.3, -0.25) is 4.79 Å². The number of rotatable bonds is 4. The van der Waals surface area contributed by atoms with Gasteiger partial charge in [-0.25, -0.2) is 8.78 Å². The standard InChI is InChI=1S/C14H14F2N2O2/c15-13(16)12(19)7-18-14(20)10-5-8-3-1-2-4-9(8)6-11(10)17/h1-6,12-13,19H,7,17H2,(H,18,20). The van der Waals surface area contributed by atoms with Gasteiger partial charge in [-0.1, -0.05) is 24.3 Å². The molecule has 0 heterocycles. The zero-order valence-corrected chi connectivity index (χ0v) is 10.5. The number of hydrogen-bond acceptors (Lipinski definition) is 3. The summed E-state index contributed by atoms with van der Waals surface area (Å²) < 4.78 is 24.3. The van der Waals surface area contributed by atoms with Crippen LogP contribution in [-0.4, -0.2) is 30.1 Å². The van der Waals surface area contributed by atoms with Crippen molar-refractivity contribution < 1.29 is 18.7 Å². The predicted octanol–water partition coefficient (Wildman–Crippen LogP) is 1.78. The van der Waals surface area contributed by atoms with E-state index in [0.717, 1.165) is 10.8 Å². The van der Waals surface area contributed by atoms with Crippen LogP contribution in [0.3, 0.4) is 0 Å². The number of fused-ring (bicyclic) bond motifs is 1. The summed E-state index contributed by atoms with van der Waals surface area (Å²) in [6.45, 7) is -0.525. The first kappa shape index (κ1) is 14.2. The third kappa shape index (κ3) is 3.03. The molecule has 2 aromatic rings. The van der Waals surface area contributed by atoms with Crippen LogP contribution in [0.2, 0.25) is 0 Å². The summed E-state index contributed by atoms with van der Waals surface area (Å²) in [5.41, 5.74) is 6.24. The Morgan fingerprint density at radius 1 is 1.25 bits per heavy atom. The molecule has 1 atom stereocenters. The molecule has 0 bridgehead atoms. The number of halogens is 2. The Bertz CT molecular complexity index is 632. The maximum absolute atomic E-state index is 12.1. The largest absolute Gasteiger partial charge is 0.398 e. The molecule has 0 fully saturated rings. The molecule has 4 N–H and O–H groups in total. The number of nitrogens with one attached hydrogen (secondary N) is 1. The van der Waals surface area contributed by atoms with E-state index in [0.29, 0.717) is 0 Å². The first-order chi connectivity index (χ1) is 9.49. The lowest BCUT2D eigenvalue weighted by atomic mass is 10.0. The highest BCUT2D eigenvalue weighted by Crippen LogP contribution is 2.21. The number of nitrogen functional groups attached to an aromatic ring is 1. The van der Waals surface area contributed by atoms with Crippen LogP contribution in [0.5, 0.6) is 0 Å². The SMILES string of the molecule is Nc1cc2ccccc2cc1C(=O)NCC(O)C(F)F. The van der Waals surface area contributed by atoms with Gasteiger partial charge in [-0.05, 0) is 22.9 Å². The first-order valence-electron chi connectivity index (χ1n) is 6.01. The number of benzene rings is 2. The topological polar surface area (TPSA) is 75.4 Å². The molecule has 4 nitrogen and oxygen atoms in total. The highest BCUT2D eigenvalue weighted by atomic mass is 19.3. The van der Waals surface area contributed by atoms with Crippen molar-refractivity contribution in [3.8, 4) is 0 Å². The molecular weight excluding hydrogens is 266 g/mol. The molecule has 0 aromatic heterocycles. The number of anilines is 1. The van der Waals surface area contributed by atoms with Crippen molar-refractivity contribution in [2.24, 2.45) is 0 Å². The number of carbonyl (C=O) groups excluding carboxylic acids is 1. The van der Waals surface area contributed by atoms with Crippen molar-refractivity contribution in [2.75, 3.05) is 12.3 Å². The molecule has 106 valence electrons. The van der Waals surface area contributed by atoms with Crippen LogP contribution in [0.1, 0.15) is 10.4 Å². The van der Waals surface area contributed by atoms with Gasteiger partial charge in [0.05, 0.1) is 5.56 Å². The number of carbonyl (C=O) groups is 1. The van der Waals surface area contributed by atoms with Crippen LogP contribution in [-0.2, 0) is 0 Å². The van der Waals surface area contributed by atoms with E-state index in [9.17, 15) is 13.6 Å². The number of nitrogens with two attached hydrogens (primary N) is 1. The van der Waals surface area contributed by atoms with Gasteiger partial charge >= 0.3 is 0 Å². The molecule has 2 aromatic carbocycles. The summed E-state index contributed by atoms with van der Waals surface area (Å²) in [4.78, 5) is 11.9. The molecule has 0 aliphatic rings. The lowest BCUT2D eigenvalue weighted by Gasteiger charge is -2.12. The minimum absolute atomic E-state index is 0.199. The molecule has 0 radical (unpaired) electrons. The van der Waals surface area contributed by atoms with Crippen LogP contribution < -0.4 is 11.1 Å². The van der Waals surface area contributed by atoms with Gasteiger partial charge in [-0.15, -0.1) is 0 Å². The number of amides is 1. The Hall–Kier alpha value is -2.21. The molecule has 0 aliphatic carbocycles. The number of alkyl halides is 2. The van der Waals surface area contributed by atoms with E-state index in [4.69, 9.17) is 10.8 Å². The van der Waals surface area contributed by atoms with Gasteiger partial charge in [0.25, 0.3) is 12.3 Å². The van der Waals surface area contributed by atoms with Crippen molar-refractivity contribution >= 4 is 22.4 Å². The highest BCUT2D eigenvalue weighted by molar-refractivity contribution is 6.03. The maximum Gasteiger partial charge on any atom is 0.265 e. The second-order valence-electron chi connectivity index (χ2n) is 4.40. The molecule has 0 spiro atoms. The first-order valence-corrected chi connectivity index (χ1v) is 6.01. The van der Waals surface area contributed by atoms with Gasteiger partial charge in [0.15, 0.2) is 0 Å². The van der Waals surface area contributed by atoms with Gasteiger partial charge in [0.1, 0.15) is 6.10 Å². The highest BCUT2D eigenvalue weighted by Gasteiger charge is 2.18. The Morgan fingerprint density at radius 3 is 2.45 bits per heavy atom. The van der Waals surface area contributed by atoms with Gasteiger partial charge in [0.2, 0.25) is 0 Å². The molecule has 1 amide bonds. The monoisotopic (exact) mass is 280 g/mol. The molecular formula is C14H14F2N2O2. The van der Waals surface area contributed by atoms with E-state index < -0.39 is 25.0 Å². The van der Waals surface area contributed by atoms with Crippen LogP contribution >= 0.6 is 0 Å². The second kappa shape index (κ2) is 5.83. The van der Waals surface area contributed by atoms with E-state index in [1.54, 1.807) is 12.1 Å². The van der Waals surface area contributed by atoms with Crippen LogP contribution in [0, 0.1) is 0 Å². The zero-order chi connectivity index (χ0) is 14.7. The van der Waals surface area contributed by atoms with Crippen molar-refractivity contribution in [3.05, 3.63) is 42.0 Å². The van der Waals surface area contributed by atoms with E-state index in [1.807, 2.05) is 24.3 Å². The quantitative estimate of drug-likeness (QED) is 0.747. The summed E-state index contributed by atoms with van der Waals surface area (Å²) in [7, 11) is 0. The van der Waals surface area contributed by atoms with Crippen LogP contribution in [0.25, 0.3) is 10.8 Å². The molecule has 0 saturated heterocycles. The smallest absolute Gasteiger partial charge is 0.265 e. The van der Waals surface area contributed by atoms with Crippen molar-refractivity contribution in [2.45, 2.75) is 12.5 Å². The predicted molar refractivity (Wildman–Crippen MR) is 72.7 cm³/mol. The van der Waals surface area contributed by atoms with E-state index in [2.05, 4.69) is 5.32 Å². The van der Waals surface area contributed by atoms with Crippen molar-refractivity contribution in [3.63, 3.8) is 0 Å². The third-order valence-corrected chi connectivity index (χ3v) is 2.93. The Kier molecular flexibility index (Phi) is 4.14. The molecule has 1 unspecified atom stereocenters. The number of aliphatic hydroxyl groups excluding tert-OH is 1. The van der Waals surface area contributed by atoms with E-state index in [-0.39, 0.29) is 11.3 Å². The van der Waals surface area contributed by atoms with E-state index in [1.165, 1.54) is 0 Å².